The Labute approximate surface area is 320 Å². The second-order valence-electron chi connectivity index (χ2n) is 16.8. The normalized spacial score (nSPS) is 13.4. The van der Waals surface area contributed by atoms with Gasteiger partial charge < -0.3 is 9.80 Å². The fraction of sp³-hybridized carbons (Fsp3) is 0.184. The van der Waals surface area contributed by atoms with Gasteiger partial charge in [-0.1, -0.05) is 114 Å². The monoisotopic (exact) mass is 700 g/mol. The van der Waals surface area contributed by atoms with Gasteiger partial charge in [0.15, 0.2) is 0 Å². The van der Waals surface area contributed by atoms with Gasteiger partial charge in [0.2, 0.25) is 0 Å². The van der Waals surface area contributed by atoms with Gasteiger partial charge in [-0.2, -0.15) is 0 Å². The van der Waals surface area contributed by atoms with Crippen molar-refractivity contribution in [2.75, 3.05) is 9.80 Å². The van der Waals surface area contributed by atoms with Crippen LogP contribution >= 0.6 is 0 Å². The lowest BCUT2D eigenvalue weighted by Crippen LogP contribution is -2.61. The van der Waals surface area contributed by atoms with Crippen molar-refractivity contribution >= 4 is 57.2 Å². The molecule has 7 aromatic rings. The van der Waals surface area contributed by atoms with Crippen LogP contribution in [0.5, 0.6) is 0 Å². The average Bonchev–Trinajstić information content (AvgIpc) is 3.17. The van der Waals surface area contributed by atoms with Crippen molar-refractivity contribution in [1.82, 2.24) is 9.97 Å². The molecule has 5 heteroatoms. The molecule has 4 nitrogen and oxygen atoms in total. The van der Waals surface area contributed by atoms with E-state index in [0.29, 0.717) is 0 Å². The summed E-state index contributed by atoms with van der Waals surface area (Å²) in [6, 6.07) is 49.0. The quantitative estimate of drug-likeness (QED) is 0.171. The third-order valence-electron chi connectivity index (χ3n) is 11.1. The summed E-state index contributed by atoms with van der Waals surface area (Å²) in [5, 5.41) is 0. The predicted molar refractivity (Wildman–Crippen MR) is 229 cm³/mol. The number of para-hydroxylation sites is 2. The number of hydrogen-bond donors (Lipinski definition) is 0. The molecule has 0 amide bonds. The summed E-state index contributed by atoms with van der Waals surface area (Å²) >= 11 is 0. The van der Waals surface area contributed by atoms with Crippen molar-refractivity contribution in [3.8, 4) is 22.5 Å². The Hall–Kier alpha value is -5.94. The Morgan fingerprint density at radius 1 is 0.444 bits per heavy atom. The van der Waals surface area contributed by atoms with Crippen LogP contribution in [-0.2, 0) is 10.8 Å². The third kappa shape index (κ3) is 5.53. The Bertz CT molecular complexity index is 2370. The van der Waals surface area contributed by atoms with Gasteiger partial charge in [-0.25, -0.2) is 0 Å². The van der Waals surface area contributed by atoms with E-state index in [1.165, 1.54) is 55.8 Å². The summed E-state index contributed by atoms with van der Waals surface area (Å²) in [7, 11) is 0. The van der Waals surface area contributed by atoms with E-state index < -0.39 is 0 Å². The summed E-state index contributed by atoms with van der Waals surface area (Å²) in [6.45, 7) is 16.1. The SMILES string of the molecule is Cc1cc2c3c(c1)N(c1ccccc1-c1ccccn1)c1ccc(C(C)(C)C)cc1B3c1cc(C(C)(C)C)ccc1N2c1ccccc1-c1ccccn1. The molecule has 54 heavy (non-hydrogen) atoms. The molecule has 2 aromatic heterocycles. The van der Waals surface area contributed by atoms with E-state index in [1.54, 1.807) is 0 Å². The molecule has 9 rings (SSSR count). The van der Waals surface area contributed by atoms with Crippen LogP contribution in [0, 0.1) is 6.92 Å². The smallest absolute Gasteiger partial charge is 0.252 e. The van der Waals surface area contributed by atoms with E-state index >= 15 is 0 Å². The first-order chi connectivity index (χ1) is 26.0. The third-order valence-corrected chi connectivity index (χ3v) is 11.1. The van der Waals surface area contributed by atoms with Crippen molar-refractivity contribution in [3.63, 3.8) is 0 Å². The lowest BCUT2D eigenvalue weighted by Gasteiger charge is -2.45. The molecule has 264 valence electrons. The Morgan fingerprint density at radius 3 is 1.28 bits per heavy atom. The first kappa shape index (κ1) is 33.9. The predicted octanol–water partition coefficient (Wildman–Crippen LogP) is 10.8. The van der Waals surface area contributed by atoms with E-state index in [4.69, 9.17) is 9.97 Å². The van der Waals surface area contributed by atoms with Crippen molar-refractivity contribution in [2.24, 2.45) is 0 Å². The molecule has 0 bridgehead atoms. The number of nitrogens with zero attached hydrogens (tertiary/aromatic N) is 4. The number of fused-ring (bicyclic) bond motifs is 4. The molecule has 2 aliphatic heterocycles. The average molecular weight is 701 g/mol. The van der Waals surface area contributed by atoms with Gasteiger partial charge in [0.25, 0.3) is 6.71 Å². The number of aryl methyl sites for hydroxylation is 1. The number of anilines is 6. The number of benzene rings is 5. The van der Waals surface area contributed by atoms with Crippen LogP contribution in [0.2, 0.25) is 0 Å². The van der Waals surface area contributed by atoms with Gasteiger partial charge >= 0.3 is 0 Å². The van der Waals surface area contributed by atoms with Crippen LogP contribution in [0.15, 0.2) is 146 Å². The van der Waals surface area contributed by atoms with Crippen molar-refractivity contribution < 1.29 is 0 Å². The van der Waals surface area contributed by atoms with Crippen LogP contribution < -0.4 is 26.2 Å². The summed E-state index contributed by atoms with van der Waals surface area (Å²) in [5.41, 5.74) is 18.9. The molecular formula is C49H45BN4. The molecule has 5 aromatic carbocycles. The fourth-order valence-corrected chi connectivity index (χ4v) is 8.41. The summed E-state index contributed by atoms with van der Waals surface area (Å²) in [5.74, 6) is 0. The number of pyridine rings is 2. The van der Waals surface area contributed by atoms with Crippen LogP contribution in [0.25, 0.3) is 22.5 Å². The molecule has 0 saturated heterocycles. The van der Waals surface area contributed by atoms with Crippen molar-refractivity contribution in [2.45, 2.75) is 59.3 Å². The molecule has 0 N–H and O–H groups in total. The second-order valence-corrected chi connectivity index (χ2v) is 16.8. The topological polar surface area (TPSA) is 32.3 Å². The van der Waals surface area contributed by atoms with Gasteiger partial charge in [0, 0.05) is 46.3 Å². The molecular weight excluding hydrogens is 655 g/mol. The molecule has 0 saturated carbocycles. The standard InChI is InChI=1S/C49H45BN4/c1-32-28-45-47-46(29-32)54(42-21-11-9-17-36(42)40-19-13-15-27-52-40)44-25-23-34(49(5,6)7)31-38(44)50(47)37-30-33(48(2,3)4)22-24-43(37)53(45)41-20-10-8-16-35(41)39-18-12-14-26-51-39/h8-31H,1-7H3. The highest BCUT2D eigenvalue weighted by molar-refractivity contribution is 7.00. The van der Waals surface area contributed by atoms with Crippen LogP contribution in [0.4, 0.5) is 34.1 Å². The van der Waals surface area contributed by atoms with Crippen molar-refractivity contribution in [3.05, 3.63) is 163 Å². The zero-order chi connectivity index (χ0) is 37.4. The minimum Gasteiger partial charge on any atom is -0.311 e. The molecule has 0 unspecified atom stereocenters. The summed E-state index contributed by atoms with van der Waals surface area (Å²) < 4.78 is 0. The highest BCUT2D eigenvalue weighted by Crippen LogP contribution is 2.48. The van der Waals surface area contributed by atoms with Crippen LogP contribution in [-0.4, -0.2) is 16.7 Å². The number of rotatable bonds is 4. The highest BCUT2D eigenvalue weighted by atomic mass is 15.2. The Balaban J connectivity index is 1.41. The maximum atomic E-state index is 4.85. The molecule has 0 fully saturated rings. The zero-order valence-electron chi connectivity index (χ0n) is 32.2. The van der Waals surface area contributed by atoms with Crippen LogP contribution in [0.3, 0.4) is 0 Å². The van der Waals surface area contributed by atoms with E-state index in [0.717, 1.165) is 33.9 Å². The molecule has 0 radical (unpaired) electrons. The van der Waals surface area contributed by atoms with E-state index in [1.807, 2.05) is 24.5 Å². The molecule has 2 aliphatic rings. The number of hydrogen-bond acceptors (Lipinski definition) is 4. The minimum atomic E-state index is -0.0273. The van der Waals surface area contributed by atoms with Gasteiger partial charge in [0.05, 0.1) is 22.8 Å². The fourth-order valence-electron chi connectivity index (χ4n) is 8.41. The summed E-state index contributed by atoms with van der Waals surface area (Å²) in [4.78, 5) is 14.7. The molecule has 0 aliphatic carbocycles. The highest BCUT2D eigenvalue weighted by Gasteiger charge is 2.45. The Morgan fingerprint density at radius 2 is 0.870 bits per heavy atom. The maximum Gasteiger partial charge on any atom is 0.252 e. The lowest BCUT2D eigenvalue weighted by molar-refractivity contribution is 0.590. The molecule has 4 heterocycles. The van der Waals surface area contributed by atoms with E-state index in [2.05, 4.69) is 180 Å². The summed E-state index contributed by atoms with van der Waals surface area (Å²) in [6.07, 6.45) is 3.77. The minimum absolute atomic E-state index is 0.0155. The lowest BCUT2D eigenvalue weighted by atomic mass is 9.33. The molecule has 0 atom stereocenters. The van der Waals surface area contributed by atoms with Crippen LogP contribution in [0.1, 0.15) is 58.2 Å². The largest absolute Gasteiger partial charge is 0.311 e. The molecule has 0 spiro atoms. The van der Waals surface area contributed by atoms with E-state index in [-0.39, 0.29) is 17.5 Å². The second kappa shape index (κ2) is 12.6. The maximum absolute atomic E-state index is 4.85. The first-order valence-electron chi connectivity index (χ1n) is 19.0. The van der Waals surface area contributed by atoms with Crippen molar-refractivity contribution in [1.29, 1.82) is 0 Å². The van der Waals surface area contributed by atoms with Gasteiger partial charge in [-0.3, -0.25) is 9.97 Å². The van der Waals surface area contributed by atoms with Gasteiger partial charge in [-0.05, 0) is 111 Å². The van der Waals surface area contributed by atoms with Gasteiger partial charge in [0.1, 0.15) is 0 Å². The first-order valence-corrected chi connectivity index (χ1v) is 19.0. The Kier molecular flexibility index (Phi) is 7.90. The van der Waals surface area contributed by atoms with E-state index in [9.17, 15) is 0 Å². The zero-order valence-corrected chi connectivity index (χ0v) is 32.2. The number of aromatic nitrogens is 2. The van der Waals surface area contributed by atoms with Gasteiger partial charge in [-0.15, -0.1) is 0 Å².